The van der Waals surface area contributed by atoms with Crippen LogP contribution >= 0.6 is 11.6 Å². The number of hydrogen-bond donors (Lipinski definition) is 1. The fourth-order valence-corrected chi connectivity index (χ4v) is 3.16. The van der Waals surface area contributed by atoms with Crippen LogP contribution in [0.2, 0.25) is 5.02 Å². The fraction of sp³-hybridized carbons (Fsp3) is 0.182. The average Bonchev–Trinajstić information content (AvgIpc) is 2.57. The summed E-state index contributed by atoms with van der Waals surface area (Å²) in [7, 11) is -2.03. The number of nitrogens with zero attached hydrogens (tertiary/aromatic N) is 2. The van der Waals surface area contributed by atoms with Crippen molar-refractivity contribution in [3.8, 4) is 0 Å². The summed E-state index contributed by atoms with van der Waals surface area (Å²) in [5.41, 5.74) is 0.731. The Morgan fingerprint density at radius 2 is 2.00 bits per heavy atom. The summed E-state index contributed by atoms with van der Waals surface area (Å²) in [6.07, 6.45) is 0. The van der Waals surface area contributed by atoms with Crippen molar-refractivity contribution < 1.29 is 8.42 Å². The highest BCUT2D eigenvalue weighted by atomic mass is 35.5. The third-order valence-electron chi connectivity index (χ3n) is 2.37. The second kappa shape index (κ2) is 4.62. The Balaban J connectivity index is 2.39. The van der Waals surface area contributed by atoms with Gasteiger partial charge in [-0.25, -0.2) is 8.42 Å². The number of sulfonamides is 1. The van der Waals surface area contributed by atoms with Crippen LogP contribution in [0.4, 0.5) is 5.82 Å². The van der Waals surface area contributed by atoms with E-state index in [4.69, 9.17) is 11.6 Å². The Kier molecular flexibility index (Phi) is 3.32. The van der Waals surface area contributed by atoms with Crippen LogP contribution in [0.3, 0.4) is 0 Å². The molecule has 0 aliphatic carbocycles. The minimum absolute atomic E-state index is 0.0468. The molecule has 0 radical (unpaired) electrons. The molecule has 7 heteroatoms. The van der Waals surface area contributed by atoms with Gasteiger partial charge in [-0.2, -0.15) is 5.10 Å². The normalized spacial score (nSPS) is 11.5. The molecule has 0 aliphatic rings. The zero-order valence-corrected chi connectivity index (χ0v) is 11.5. The van der Waals surface area contributed by atoms with Gasteiger partial charge in [0.1, 0.15) is 10.7 Å². The van der Waals surface area contributed by atoms with Crippen LogP contribution in [0.1, 0.15) is 5.69 Å². The minimum atomic E-state index is -3.70. The van der Waals surface area contributed by atoms with Gasteiger partial charge in [0.15, 0.2) is 0 Å². The molecule has 2 rings (SSSR count). The lowest BCUT2D eigenvalue weighted by atomic mass is 10.4. The predicted octanol–water partition coefficient (Wildman–Crippen LogP) is 2.18. The molecule has 0 aliphatic heterocycles. The maximum absolute atomic E-state index is 12.1. The molecule has 0 bridgehead atoms. The zero-order valence-electron chi connectivity index (χ0n) is 9.88. The second-order valence-electron chi connectivity index (χ2n) is 3.83. The molecule has 0 unspecified atom stereocenters. The smallest absolute Gasteiger partial charge is 0.264 e. The molecule has 0 fully saturated rings. The van der Waals surface area contributed by atoms with E-state index < -0.39 is 10.0 Å². The first kappa shape index (κ1) is 12.9. The van der Waals surface area contributed by atoms with Crippen molar-refractivity contribution >= 4 is 27.4 Å². The van der Waals surface area contributed by atoms with Crippen molar-refractivity contribution in [1.29, 1.82) is 0 Å². The number of hydrogen-bond acceptors (Lipinski definition) is 3. The van der Waals surface area contributed by atoms with Crippen LogP contribution in [-0.2, 0) is 17.1 Å². The number of anilines is 1. The Labute approximate surface area is 110 Å². The van der Waals surface area contributed by atoms with Gasteiger partial charge < -0.3 is 0 Å². The molecule has 1 aromatic carbocycles. The van der Waals surface area contributed by atoms with E-state index in [9.17, 15) is 8.42 Å². The van der Waals surface area contributed by atoms with Gasteiger partial charge in [-0.05, 0) is 19.1 Å². The predicted molar refractivity (Wildman–Crippen MR) is 70.2 cm³/mol. The van der Waals surface area contributed by atoms with Crippen LogP contribution in [0.5, 0.6) is 0 Å². The number of aryl methyl sites for hydroxylation is 2. The first-order valence-electron chi connectivity index (χ1n) is 5.18. The van der Waals surface area contributed by atoms with Gasteiger partial charge in [0.2, 0.25) is 0 Å². The molecule has 0 atom stereocenters. The lowest BCUT2D eigenvalue weighted by Crippen LogP contribution is -2.15. The van der Waals surface area contributed by atoms with Crippen LogP contribution in [-0.4, -0.2) is 18.2 Å². The molecule has 5 nitrogen and oxygen atoms in total. The molecule has 0 saturated heterocycles. The summed E-state index contributed by atoms with van der Waals surface area (Å²) in [4.78, 5) is 0.0468. The summed E-state index contributed by atoms with van der Waals surface area (Å²) in [6, 6.07) is 7.93. The highest BCUT2D eigenvalue weighted by molar-refractivity contribution is 7.92. The van der Waals surface area contributed by atoms with Crippen LogP contribution in [0, 0.1) is 6.92 Å². The van der Waals surface area contributed by atoms with Crippen molar-refractivity contribution in [3.05, 3.63) is 41.0 Å². The average molecular weight is 286 g/mol. The van der Waals surface area contributed by atoms with Gasteiger partial charge in [-0.15, -0.1) is 0 Å². The van der Waals surface area contributed by atoms with Gasteiger partial charge in [0.25, 0.3) is 10.0 Å². The van der Waals surface area contributed by atoms with Crippen LogP contribution in [0.25, 0.3) is 0 Å². The van der Waals surface area contributed by atoms with Crippen molar-refractivity contribution in [2.75, 3.05) is 4.72 Å². The monoisotopic (exact) mass is 285 g/mol. The van der Waals surface area contributed by atoms with E-state index in [1.165, 1.54) is 16.8 Å². The molecule has 2 aromatic rings. The summed E-state index contributed by atoms with van der Waals surface area (Å²) in [5, 5.41) is 4.25. The van der Waals surface area contributed by atoms with E-state index in [2.05, 4.69) is 9.82 Å². The number of benzene rings is 1. The van der Waals surface area contributed by atoms with E-state index in [-0.39, 0.29) is 9.92 Å². The van der Waals surface area contributed by atoms with E-state index in [0.29, 0.717) is 5.82 Å². The Hall–Kier alpha value is -1.53. The van der Waals surface area contributed by atoms with Gasteiger partial charge >= 0.3 is 0 Å². The first-order chi connectivity index (χ1) is 8.40. The van der Waals surface area contributed by atoms with Crippen molar-refractivity contribution in [3.63, 3.8) is 0 Å². The summed E-state index contributed by atoms with van der Waals surface area (Å²) in [6.45, 7) is 1.79. The van der Waals surface area contributed by atoms with Crippen LogP contribution < -0.4 is 4.72 Å². The molecular weight excluding hydrogens is 274 g/mol. The molecular formula is C11H12ClN3O2S. The Morgan fingerprint density at radius 1 is 1.33 bits per heavy atom. The van der Waals surface area contributed by atoms with Crippen molar-refractivity contribution in [1.82, 2.24) is 9.78 Å². The largest absolute Gasteiger partial charge is 0.264 e. The fourth-order valence-electron chi connectivity index (χ4n) is 1.56. The summed E-state index contributed by atoms with van der Waals surface area (Å²) < 4.78 is 28.2. The van der Waals surface area contributed by atoms with Crippen molar-refractivity contribution in [2.24, 2.45) is 7.05 Å². The van der Waals surface area contributed by atoms with Gasteiger partial charge in [0, 0.05) is 13.1 Å². The molecule has 1 aromatic heterocycles. The van der Waals surface area contributed by atoms with E-state index in [1.54, 1.807) is 32.2 Å². The second-order valence-corrected chi connectivity index (χ2v) is 5.89. The summed E-state index contributed by atoms with van der Waals surface area (Å²) in [5.74, 6) is 0.396. The standard InChI is InChI=1S/C11H12ClN3O2S/c1-8-7-11(15(2)13-8)14-18(16,17)10-6-4-3-5-9(10)12/h3-7,14H,1-2H3. The molecule has 0 spiro atoms. The lowest BCUT2D eigenvalue weighted by molar-refractivity contribution is 0.600. The molecule has 96 valence electrons. The molecule has 0 saturated carbocycles. The molecule has 1 heterocycles. The first-order valence-corrected chi connectivity index (χ1v) is 7.04. The quantitative estimate of drug-likeness (QED) is 0.940. The van der Waals surface area contributed by atoms with Gasteiger partial charge in [0.05, 0.1) is 10.7 Å². The Bertz CT molecular complexity index is 679. The number of rotatable bonds is 3. The highest BCUT2D eigenvalue weighted by Gasteiger charge is 2.19. The van der Waals surface area contributed by atoms with Crippen LogP contribution in [0.15, 0.2) is 35.2 Å². The highest BCUT2D eigenvalue weighted by Crippen LogP contribution is 2.23. The van der Waals surface area contributed by atoms with E-state index in [0.717, 1.165) is 5.69 Å². The number of halogens is 1. The number of nitrogens with one attached hydrogen (secondary N) is 1. The zero-order chi connectivity index (χ0) is 13.3. The van der Waals surface area contributed by atoms with Gasteiger partial charge in [-0.3, -0.25) is 9.40 Å². The van der Waals surface area contributed by atoms with E-state index in [1.807, 2.05) is 0 Å². The van der Waals surface area contributed by atoms with Gasteiger partial charge in [-0.1, -0.05) is 23.7 Å². The summed E-state index contributed by atoms with van der Waals surface area (Å²) >= 11 is 5.88. The third kappa shape index (κ3) is 2.49. The van der Waals surface area contributed by atoms with Crippen molar-refractivity contribution in [2.45, 2.75) is 11.8 Å². The molecule has 0 amide bonds. The molecule has 18 heavy (non-hydrogen) atoms. The lowest BCUT2D eigenvalue weighted by Gasteiger charge is -2.08. The van der Waals surface area contributed by atoms with E-state index >= 15 is 0 Å². The number of aromatic nitrogens is 2. The maximum Gasteiger partial charge on any atom is 0.264 e. The Morgan fingerprint density at radius 3 is 2.56 bits per heavy atom. The molecule has 1 N–H and O–H groups in total. The SMILES string of the molecule is Cc1cc(NS(=O)(=O)c2ccccc2Cl)n(C)n1. The minimum Gasteiger partial charge on any atom is -0.264 e. The third-order valence-corrected chi connectivity index (χ3v) is 4.22. The maximum atomic E-state index is 12.1. The topological polar surface area (TPSA) is 64.0 Å².